The van der Waals surface area contributed by atoms with E-state index in [0.29, 0.717) is 39.9 Å². The summed E-state index contributed by atoms with van der Waals surface area (Å²) in [5.74, 6) is 0.0774. The van der Waals surface area contributed by atoms with E-state index in [1.165, 1.54) is 32.5 Å². The summed E-state index contributed by atoms with van der Waals surface area (Å²) in [6, 6.07) is 17.9. The van der Waals surface area contributed by atoms with Crippen LogP contribution in [0.4, 0.5) is 10.1 Å². The zero-order chi connectivity index (χ0) is 35.2. The van der Waals surface area contributed by atoms with Crippen LogP contribution in [-0.2, 0) is 26.6 Å². The average molecular weight is 704 g/mol. The Hall–Kier alpha value is -5.21. The maximum Gasteiger partial charge on any atom is 0.269 e. The maximum absolute atomic E-state index is 14.1. The molecule has 3 aromatic carbocycles. The number of rotatable bonds is 10. The first-order valence-electron chi connectivity index (χ1n) is 15.1. The minimum Gasteiger partial charge on any atom is -0.494 e. The van der Waals surface area contributed by atoms with Gasteiger partial charge < -0.3 is 9.47 Å². The molecule has 0 fully saturated rings. The minimum absolute atomic E-state index is 0.0935. The number of fused-ring (bicyclic) bond motifs is 1. The Balaban J connectivity index is 1.60. The fourth-order valence-electron chi connectivity index (χ4n) is 5.94. The van der Waals surface area contributed by atoms with Gasteiger partial charge in [-0.15, -0.1) is 0 Å². The van der Waals surface area contributed by atoms with Gasteiger partial charge in [0.25, 0.3) is 10.0 Å². The molecule has 6 rings (SSSR count). The second-order valence-electron chi connectivity index (χ2n) is 11.7. The Morgan fingerprint density at radius 1 is 0.898 bits per heavy atom. The molecule has 6 aromatic rings. The molecule has 0 aliphatic carbocycles. The number of benzene rings is 3. The topological polar surface area (TPSA) is 134 Å². The van der Waals surface area contributed by atoms with Gasteiger partial charge in [-0.1, -0.05) is 29.8 Å². The van der Waals surface area contributed by atoms with Crippen LogP contribution in [0.5, 0.6) is 11.5 Å². The van der Waals surface area contributed by atoms with Crippen molar-refractivity contribution in [2.45, 2.75) is 32.2 Å². The molecule has 1 N–H and O–H groups in total. The van der Waals surface area contributed by atoms with Gasteiger partial charge in [0, 0.05) is 45.7 Å². The third kappa shape index (κ3) is 6.36. The fraction of sp³-hybridized carbons (Fsp3) is 0.200. The van der Waals surface area contributed by atoms with Gasteiger partial charge in [0.2, 0.25) is 10.0 Å². The van der Waals surface area contributed by atoms with E-state index in [2.05, 4.69) is 9.71 Å². The molecule has 0 unspecified atom stereocenters. The zero-order valence-corrected chi connectivity index (χ0v) is 29.3. The fourth-order valence-corrected chi connectivity index (χ4v) is 7.83. The average Bonchev–Trinajstić information content (AvgIpc) is 3.55. The van der Waals surface area contributed by atoms with Gasteiger partial charge in [0.1, 0.15) is 17.3 Å². The molecule has 3 aromatic heterocycles. The molecule has 0 atom stereocenters. The number of sulfonamides is 1. The normalized spacial score (nSPS) is 12.0. The van der Waals surface area contributed by atoms with Gasteiger partial charge in [-0.25, -0.2) is 30.2 Å². The number of ether oxygens (including phenoxy) is 2. The van der Waals surface area contributed by atoms with Gasteiger partial charge in [0.05, 0.1) is 37.6 Å². The zero-order valence-electron chi connectivity index (χ0n) is 27.6. The molecule has 0 amide bonds. The van der Waals surface area contributed by atoms with Crippen molar-refractivity contribution in [1.82, 2.24) is 18.7 Å². The first kappa shape index (κ1) is 33.7. The summed E-state index contributed by atoms with van der Waals surface area (Å²) in [5.41, 5.74) is 5.55. The summed E-state index contributed by atoms with van der Waals surface area (Å²) in [4.78, 5) is 4.76. The number of halogens is 1. The molecule has 11 nitrogen and oxygen atoms in total. The molecule has 49 heavy (non-hydrogen) atoms. The molecular weight excluding hydrogens is 670 g/mol. The second kappa shape index (κ2) is 12.7. The van der Waals surface area contributed by atoms with Gasteiger partial charge in [-0.3, -0.25) is 9.40 Å². The molecule has 0 saturated carbocycles. The number of nitrogens with zero attached hydrogens (tertiary/aromatic N) is 4. The van der Waals surface area contributed by atoms with Crippen LogP contribution in [0.1, 0.15) is 22.5 Å². The van der Waals surface area contributed by atoms with Crippen LogP contribution in [0.25, 0.3) is 33.3 Å². The summed E-state index contributed by atoms with van der Waals surface area (Å²) in [6.07, 6.45) is 4.08. The molecular formula is C35H34FN5O6S2. The number of hydrogen-bond donors (Lipinski definition) is 1. The van der Waals surface area contributed by atoms with Crippen LogP contribution in [0.3, 0.4) is 0 Å². The van der Waals surface area contributed by atoms with Gasteiger partial charge in [-0.2, -0.15) is 5.10 Å². The third-order valence-electron chi connectivity index (χ3n) is 8.20. The highest BCUT2D eigenvalue weighted by atomic mass is 32.2. The smallest absolute Gasteiger partial charge is 0.269 e. The van der Waals surface area contributed by atoms with Crippen molar-refractivity contribution >= 4 is 36.8 Å². The highest BCUT2D eigenvalue weighted by Gasteiger charge is 2.27. The Morgan fingerprint density at radius 3 is 2.29 bits per heavy atom. The number of hydrogen-bond acceptors (Lipinski definition) is 8. The minimum atomic E-state index is -4.10. The molecule has 254 valence electrons. The molecule has 3 heterocycles. The van der Waals surface area contributed by atoms with Gasteiger partial charge in [-0.05, 0) is 68.8 Å². The van der Waals surface area contributed by atoms with Crippen LogP contribution in [0.15, 0.2) is 84.0 Å². The molecule has 0 aliphatic rings. The van der Waals surface area contributed by atoms with E-state index in [-0.39, 0.29) is 33.5 Å². The lowest BCUT2D eigenvalue weighted by Crippen LogP contribution is -2.12. The second-order valence-corrected chi connectivity index (χ2v) is 15.2. The molecule has 0 radical (unpaired) electrons. The Bertz CT molecular complexity index is 2450. The first-order valence-corrected chi connectivity index (χ1v) is 18.4. The van der Waals surface area contributed by atoms with Gasteiger partial charge >= 0.3 is 0 Å². The highest BCUT2D eigenvalue weighted by molar-refractivity contribution is 7.92. The van der Waals surface area contributed by atoms with E-state index in [4.69, 9.17) is 14.6 Å². The van der Waals surface area contributed by atoms with Crippen LogP contribution < -0.4 is 14.2 Å². The molecule has 0 saturated heterocycles. The van der Waals surface area contributed by atoms with Crippen LogP contribution in [0, 0.1) is 26.6 Å². The van der Waals surface area contributed by atoms with Crippen molar-refractivity contribution in [2.24, 2.45) is 0 Å². The number of pyridine rings is 1. The van der Waals surface area contributed by atoms with Crippen molar-refractivity contribution in [3.63, 3.8) is 0 Å². The highest BCUT2D eigenvalue weighted by Crippen LogP contribution is 2.44. The predicted molar refractivity (Wildman–Crippen MR) is 187 cm³/mol. The van der Waals surface area contributed by atoms with E-state index in [0.717, 1.165) is 27.0 Å². The lowest BCUT2D eigenvalue weighted by molar-refractivity contribution is 0.399. The van der Waals surface area contributed by atoms with Crippen LogP contribution >= 0.6 is 0 Å². The largest absolute Gasteiger partial charge is 0.494 e. The van der Waals surface area contributed by atoms with Crippen molar-refractivity contribution in [2.75, 3.05) is 25.2 Å². The number of nitrogens with one attached hydrogen (secondary N) is 1. The number of aromatic nitrogens is 4. The Morgan fingerprint density at radius 2 is 1.63 bits per heavy atom. The summed E-state index contributed by atoms with van der Waals surface area (Å²) in [6.45, 7) is 5.88. The summed E-state index contributed by atoms with van der Waals surface area (Å²) in [7, 11) is -4.99. The Kier molecular flexibility index (Phi) is 8.71. The van der Waals surface area contributed by atoms with Crippen molar-refractivity contribution in [3.8, 4) is 33.8 Å². The first-order chi connectivity index (χ1) is 23.2. The number of anilines is 1. The SMILES string of the molecule is COc1ccc(-c2cnc3c(c2)c(-c2c(C)nn(Cc4cccc(F)c4)c2C)cn3S(=O)(=O)c2ccc(C)cc2)c(OC)c1NS(C)(=O)=O. The quantitative estimate of drug-likeness (QED) is 0.176. The predicted octanol–water partition coefficient (Wildman–Crippen LogP) is 6.31. The number of methoxy groups -OCH3 is 2. The molecule has 0 bridgehead atoms. The van der Waals surface area contributed by atoms with E-state index >= 15 is 0 Å². The summed E-state index contributed by atoms with van der Waals surface area (Å²) in [5, 5.41) is 5.25. The standard InChI is InChI=1S/C35H34FN5O6S2/c1-21-10-12-27(13-11-21)49(44,45)41-20-30(32-22(2)38-40(23(32)3)19-24-8-7-9-26(36)16-24)29-17-25(18-37-35(29)41)28-14-15-31(46-4)33(34(28)47-5)39-48(6,42)43/h7-18,20,39H,19H2,1-6H3. The molecule has 0 spiro atoms. The Labute approximate surface area is 284 Å². The lowest BCUT2D eigenvalue weighted by atomic mass is 10.00. The number of aryl methyl sites for hydroxylation is 2. The summed E-state index contributed by atoms with van der Waals surface area (Å²) >= 11 is 0. The van der Waals surface area contributed by atoms with E-state index < -0.39 is 20.0 Å². The van der Waals surface area contributed by atoms with E-state index in [1.807, 2.05) is 26.8 Å². The van der Waals surface area contributed by atoms with Crippen LogP contribution in [-0.4, -0.2) is 56.0 Å². The lowest BCUT2D eigenvalue weighted by Gasteiger charge is -2.17. The maximum atomic E-state index is 14.1. The van der Waals surface area contributed by atoms with E-state index in [9.17, 15) is 21.2 Å². The van der Waals surface area contributed by atoms with Crippen LogP contribution in [0.2, 0.25) is 0 Å². The molecule has 0 aliphatic heterocycles. The van der Waals surface area contributed by atoms with Crippen molar-refractivity contribution in [3.05, 3.63) is 107 Å². The van der Waals surface area contributed by atoms with Crippen molar-refractivity contribution < 1.29 is 30.7 Å². The molecule has 14 heteroatoms. The monoisotopic (exact) mass is 703 g/mol. The summed E-state index contributed by atoms with van der Waals surface area (Å²) < 4.78 is 83.3. The third-order valence-corrected chi connectivity index (χ3v) is 10.4. The van der Waals surface area contributed by atoms with E-state index in [1.54, 1.807) is 59.4 Å². The van der Waals surface area contributed by atoms with Gasteiger partial charge in [0.15, 0.2) is 11.4 Å². The van der Waals surface area contributed by atoms with Crippen molar-refractivity contribution in [1.29, 1.82) is 0 Å².